The Bertz CT molecular complexity index is 1620. The van der Waals surface area contributed by atoms with Crippen LogP contribution in [0.3, 0.4) is 0 Å². The largest absolute Gasteiger partial charge is 0.487 e. The maximum absolute atomic E-state index is 14.3. The lowest BCUT2D eigenvalue weighted by Gasteiger charge is -2.40. The minimum atomic E-state index is -4.16. The van der Waals surface area contributed by atoms with E-state index in [1.807, 2.05) is 84.9 Å². The average molecular weight is 645 g/mol. The Morgan fingerprint density at radius 1 is 0.878 bits per heavy atom. The molecule has 2 aromatic carbocycles. The summed E-state index contributed by atoms with van der Waals surface area (Å²) in [4.78, 5) is 14.9. The molecule has 2 fully saturated rings. The first-order valence-corrected chi connectivity index (χ1v) is 19.0. The van der Waals surface area contributed by atoms with Gasteiger partial charge in [0.15, 0.2) is 5.06 Å². The summed E-state index contributed by atoms with van der Waals surface area (Å²) < 4.78 is 43.5. The summed E-state index contributed by atoms with van der Waals surface area (Å²) in [6, 6.07) is 27.3. The molecule has 41 heavy (non-hydrogen) atoms. The summed E-state index contributed by atoms with van der Waals surface area (Å²) >= 11 is 4.74. The molecule has 5 nitrogen and oxygen atoms in total. The Hall–Kier alpha value is -2.08. The second-order valence-corrected chi connectivity index (χ2v) is 19.5. The van der Waals surface area contributed by atoms with Crippen LogP contribution in [0.15, 0.2) is 107 Å². The van der Waals surface area contributed by atoms with Gasteiger partial charge in [0, 0.05) is 16.2 Å². The van der Waals surface area contributed by atoms with E-state index in [4.69, 9.17) is 8.37 Å². The average Bonchev–Trinajstić information content (AvgIpc) is 3.71. The molecule has 2 saturated carbocycles. The predicted molar refractivity (Wildman–Crippen MR) is 168 cm³/mol. The summed E-state index contributed by atoms with van der Waals surface area (Å²) in [5.41, 5.74) is -1.30. The lowest BCUT2D eigenvalue weighted by Crippen LogP contribution is -2.42. The van der Waals surface area contributed by atoms with Gasteiger partial charge >= 0.3 is 0 Å². The summed E-state index contributed by atoms with van der Waals surface area (Å²) in [7, 11) is -5.20. The van der Waals surface area contributed by atoms with Crippen LogP contribution in [0.4, 0.5) is 0 Å². The van der Waals surface area contributed by atoms with E-state index >= 15 is 0 Å². The number of hydrogen-bond donors (Lipinski definition) is 0. The molecule has 2 aliphatic rings. The Kier molecular flexibility index (Phi) is 7.70. The van der Waals surface area contributed by atoms with Crippen molar-refractivity contribution >= 4 is 60.6 Å². The summed E-state index contributed by atoms with van der Waals surface area (Å²) in [6.45, 7) is 4.11. The summed E-state index contributed by atoms with van der Waals surface area (Å²) in [5.74, 6) is -0.0101. The number of ether oxygens (including phenoxy) is 1. The Morgan fingerprint density at radius 2 is 1.49 bits per heavy atom. The Morgan fingerprint density at radius 3 is 2.02 bits per heavy atom. The molecule has 10 heteroatoms. The van der Waals surface area contributed by atoms with E-state index in [-0.39, 0.29) is 22.9 Å². The van der Waals surface area contributed by atoms with Crippen molar-refractivity contribution in [1.29, 1.82) is 0 Å². The summed E-state index contributed by atoms with van der Waals surface area (Å²) in [6.07, 6.45) is 1.93. The van der Waals surface area contributed by atoms with Gasteiger partial charge in [-0.1, -0.05) is 73.3 Å². The van der Waals surface area contributed by atoms with Crippen LogP contribution >= 0.6 is 44.7 Å². The van der Waals surface area contributed by atoms with Gasteiger partial charge in [0.05, 0.1) is 30.9 Å². The van der Waals surface area contributed by atoms with Crippen molar-refractivity contribution in [3.8, 4) is 5.06 Å². The molecule has 2 aromatic heterocycles. The number of fused-ring (bicyclic) bond motifs is 2. The van der Waals surface area contributed by atoms with Crippen LogP contribution in [0.1, 0.15) is 33.1 Å². The molecular formula is C31H32O5S5. The monoisotopic (exact) mass is 644 g/mol. The highest BCUT2D eigenvalue weighted by molar-refractivity contribution is 8.34. The Balaban J connectivity index is 1.46. The van der Waals surface area contributed by atoms with Crippen LogP contribution in [0.25, 0.3) is 0 Å². The maximum atomic E-state index is 14.3. The van der Waals surface area contributed by atoms with Crippen LogP contribution in [0, 0.1) is 16.7 Å². The van der Waals surface area contributed by atoms with Gasteiger partial charge in [-0.2, -0.15) is 8.42 Å². The zero-order valence-electron chi connectivity index (χ0n) is 23.1. The van der Waals surface area contributed by atoms with Crippen molar-refractivity contribution in [2.24, 2.45) is 16.7 Å². The first kappa shape index (κ1) is 29.0. The van der Waals surface area contributed by atoms with Crippen LogP contribution < -0.4 is 4.74 Å². The fraction of sp³-hybridized carbons (Fsp3) is 0.323. The third-order valence-electron chi connectivity index (χ3n) is 8.72. The van der Waals surface area contributed by atoms with Crippen molar-refractivity contribution in [3.05, 3.63) is 84.9 Å². The van der Waals surface area contributed by atoms with Crippen LogP contribution in [0.2, 0.25) is 0 Å². The van der Waals surface area contributed by atoms with Gasteiger partial charge in [0.1, 0.15) is 5.78 Å². The highest BCUT2D eigenvalue weighted by Gasteiger charge is 2.65. The molecule has 2 atom stereocenters. The topological polar surface area (TPSA) is 69.7 Å². The predicted octanol–water partition coefficient (Wildman–Crippen LogP) is 8.91. The standard InChI is InChI=1S/C31H32O5S5/c1-30(2)22-18-19-31(30,25(32)20-22)21-40(33,34)36-41(23-10-6-4-7-11-23,24-12-8-5-9-13-24)29-17-16-28(39-29)38-27-15-14-26(35-3)37-27/h4-17,22H,18-21H2,1-3H3. The molecule has 0 amide bonds. The number of benzene rings is 2. The van der Waals surface area contributed by atoms with Gasteiger partial charge in [0.25, 0.3) is 10.1 Å². The molecule has 0 saturated heterocycles. The number of methoxy groups -OCH3 is 1. The lowest BCUT2D eigenvalue weighted by molar-refractivity contribution is -0.128. The molecule has 2 aliphatic carbocycles. The second kappa shape index (κ2) is 10.9. The van der Waals surface area contributed by atoms with Gasteiger partial charge in [0.2, 0.25) is 0 Å². The molecule has 0 N–H and O–H groups in total. The van der Waals surface area contributed by atoms with E-state index in [0.717, 1.165) is 33.9 Å². The number of thiophene rings is 2. The van der Waals surface area contributed by atoms with Crippen LogP contribution in [0.5, 0.6) is 5.06 Å². The normalized spacial score (nSPS) is 22.2. The van der Waals surface area contributed by atoms with Gasteiger partial charge < -0.3 is 4.74 Å². The lowest BCUT2D eigenvalue weighted by atomic mass is 9.70. The van der Waals surface area contributed by atoms with Crippen LogP contribution in [-0.4, -0.2) is 27.1 Å². The molecular weight excluding hydrogens is 613 g/mol. The third-order valence-corrected chi connectivity index (χ3v) is 17.9. The van der Waals surface area contributed by atoms with E-state index in [1.54, 1.807) is 41.5 Å². The molecule has 0 aliphatic heterocycles. The number of rotatable bonds is 10. The van der Waals surface area contributed by atoms with Crippen LogP contribution in [-0.2, 0) is 18.5 Å². The highest BCUT2D eigenvalue weighted by Crippen LogP contribution is 2.73. The second-order valence-electron chi connectivity index (χ2n) is 11.1. The van der Waals surface area contributed by atoms with E-state index in [2.05, 4.69) is 13.8 Å². The SMILES string of the molecule is COc1ccc(Sc2ccc(S(OS(=O)(=O)CC34CCC(CC3=O)C4(C)C)(c3ccccc3)c3ccccc3)s2)s1. The Labute approximate surface area is 256 Å². The van der Waals surface area contributed by atoms with Gasteiger partial charge in [-0.25, -0.2) is 3.63 Å². The van der Waals surface area contributed by atoms with Crippen molar-refractivity contribution in [2.45, 2.75) is 55.5 Å². The van der Waals surface area contributed by atoms with Crippen molar-refractivity contribution in [2.75, 3.05) is 12.9 Å². The smallest absolute Gasteiger partial charge is 0.278 e. The molecule has 2 heterocycles. The zero-order chi connectivity index (χ0) is 28.9. The minimum Gasteiger partial charge on any atom is -0.487 e. The molecule has 216 valence electrons. The molecule has 6 rings (SSSR count). The fourth-order valence-electron chi connectivity index (χ4n) is 6.37. The number of Topliss-reactive ketones (excluding diaryl/α,β-unsaturated/α-hetero) is 1. The number of ketones is 1. The molecule has 2 unspecified atom stereocenters. The number of hydrogen-bond acceptors (Lipinski definition) is 8. The van der Waals surface area contributed by atoms with Gasteiger partial charge in [-0.15, -0.1) is 11.3 Å². The highest BCUT2D eigenvalue weighted by atomic mass is 32.3. The fourth-order valence-corrected chi connectivity index (χ4v) is 16.8. The van der Waals surface area contributed by atoms with E-state index in [1.165, 1.54) is 0 Å². The number of carbonyl (C=O) groups excluding carboxylic acids is 1. The van der Waals surface area contributed by atoms with E-state index in [9.17, 15) is 13.2 Å². The maximum Gasteiger partial charge on any atom is 0.278 e. The summed E-state index contributed by atoms with van der Waals surface area (Å²) in [5, 5.41) is 0.838. The molecule has 2 bridgehead atoms. The molecule has 0 radical (unpaired) electrons. The van der Waals surface area contributed by atoms with Gasteiger partial charge in [-0.05, 0) is 83.0 Å². The van der Waals surface area contributed by atoms with Crippen molar-refractivity contribution in [1.82, 2.24) is 0 Å². The van der Waals surface area contributed by atoms with Crippen molar-refractivity contribution in [3.63, 3.8) is 0 Å². The zero-order valence-corrected chi connectivity index (χ0v) is 27.2. The van der Waals surface area contributed by atoms with E-state index in [0.29, 0.717) is 12.8 Å². The first-order valence-electron chi connectivity index (χ1n) is 13.4. The third kappa shape index (κ3) is 5.00. The molecule has 4 aromatic rings. The van der Waals surface area contributed by atoms with Gasteiger partial charge in [-0.3, -0.25) is 4.79 Å². The molecule has 0 spiro atoms. The van der Waals surface area contributed by atoms with E-state index < -0.39 is 25.8 Å². The minimum absolute atomic E-state index is 0.0622. The van der Waals surface area contributed by atoms with Crippen molar-refractivity contribution < 1.29 is 21.6 Å². The quantitative estimate of drug-likeness (QED) is 0.172. The number of carbonyl (C=O) groups is 1. The first-order chi connectivity index (χ1) is 19.6.